The largest absolute Gasteiger partial charge is 0.318 e. The maximum atomic E-state index is 9.97. The first-order valence-corrected chi connectivity index (χ1v) is 12.0. The van der Waals surface area contributed by atoms with E-state index in [9.17, 15) is 5.16 Å². The highest BCUT2D eigenvalue weighted by Gasteiger charge is 2.42. The van der Waals surface area contributed by atoms with Crippen molar-refractivity contribution in [2.75, 3.05) is 22.4 Å². The third-order valence-electron chi connectivity index (χ3n) is 5.91. The minimum absolute atomic E-state index is 0.924. The highest BCUT2D eigenvalue weighted by molar-refractivity contribution is 7.72. The van der Waals surface area contributed by atoms with E-state index in [-0.39, 0.29) is 0 Å². The Balaban J connectivity index is 1.86. The first-order chi connectivity index (χ1) is 13.2. The van der Waals surface area contributed by atoms with E-state index in [4.69, 9.17) is 0 Å². The maximum absolute atomic E-state index is 9.97. The van der Waals surface area contributed by atoms with Gasteiger partial charge < -0.3 is 9.34 Å². The summed E-state index contributed by atoms with van der Waals surface area (Å²) in [5, 5.41) is 11.4. The second-order valence-electron chi connectivity index (χ2n) is 7.48. The van der Waals surface area contributed by atoms with Gasteiger partial charge in [-0.2, -0.15) is 0 Å². The molecule has 2 aromatic carbocycles. The molecule has 0 atom stereocenters. The lowest BCUT2D eigenvalue weighted by atomic mass is 9.94. The molecule has 2 fully saturated rings. The van der Waals surface area contributed by atoms with Crippen molar-refractivity contribution < 1.29 is 0 Å². The molecule has 0 radical (unpaired) electrons. The van der Waals surface area contributed by atoms with Gasteiger partial charge in [-0.3, -0.25) is 5.16 Å². The molecule has 4 rings (SSSR count). The molecule has 1 aliphatic heterocycles. The molecule has 1 N–H and O–H groups in total. The van der Waals surface area contributed by atoms with Crippen LogP contribution in [0.5, 0.6) is 0 Å². The van der Waals surface area contributed by atoms with Gasteiger partial charge in [-0.05, 0) is 56.4 Å². The summed E-state index contributed by atoms with van der Waals surface area (Å²) in [6, 6.07) is 21.3. The Kier molecular flexibility index (Phi) is 5.41. The summed E-state index contributed by atoms with van der Waals surface area (Å²) in [4.78, 5) is 0. The topological polar surface area (TPSA) is 30.3 Å². The van der Waals surface area contributed by atoms with E-state index in [2.05, 4.69) is 76.9 Å². The van der Waals surface area contributed by atoms with Crippen LogP contribution in [0.1, 0.15) is 45.4 Å². The van der Waals surface area contributed by atoms with Crippen LogP contribution >= 0.6 is 7.36 Å². The van der Waals surface area contributed by atoms with Crippen LogP contribution in [0, 0.1) is 5.16 Å². The number of allylic oxidation sites excluding steroid dienone is 2. The molecule has 27 heavy (non-hydrogen) atoms. The SMILES string of the molecule is CCC(=C1CCCCC1)P1(=N)N(c2ccccc2)CCN1c1ccccc1. The fraction of sp³-hybridized carbons (Fsp3) is 0.391. The Hall–Kier alpha value is -1.99. The van der Waals surface area contributed by atoms with Gasteiger partial charge >= 0.3 is 0 Å². The van der Waals surface area contributed by atoms with E-state index in [1.165, 1.54) is 48.8 Å². The molecule has 1 saturated carbocycles. The number of hydrogen-bond donors (Lipinski definition) is 1. The average molecular weight is 379 g/mol. The number of para-hydroxylation sites is 2. The van der Waals surface area contributed by atoms with Gasteiger partial charge in [0.15, 0.2) is 7.36 Å². The van der Waals surface area contributed by atoms with Gasteiger partial charge in [-0.25, -0.2) is 0 Å². The van der Waals surface area contributed by atoms with Crippen LogP contribution in [-0.2, 0) is 0 Å². The Morgan fingerprint density at radius 2 is 1.30 bits per heavy atom. The quantitative estimate of drug-likeness (QED) is 0.567. The Morgan fingerprint density at radius 1 is 0.815 bits per heavy atom. The first kappa shape index (κ1) is 18.4. The van der Waals surface area contributed by atoms with Crippen LogP contribution in [0.2, 0.25) is 0 Å². The lowest BCUT2D eigenvalue weighted by Gasteiger charge is -2.39. The van der Waals surface area contributed by atoms with Crippen LogP contribution in [0.3, 0.4) is 0 Å². The molecule has 0 amide bonds. The van der Waals surface area contributed by atoms with Crippen LogP contribution in [0.25, 0.3) is 0 Å². The van der Waals surface area contributed by atoms with E-state index in [0.29, 0.717) is 0 Å². The second kappa shape index (κ2) is 7.94. The van der Waals surface area contributed by atoms with Gasteiger partial charge in [0.2, 0.25) is 0 Å². The fourth-order valence-electron chi connectivity index (χ4n) is 4.65. The normalized spacial score (nSPS) is 19.4. The summed E-state index contributed by atoms with van der Waals surface area (Å²) < 4.78 is 4.83. The molecule has 2 aliphatic rings. The smallest absolute Gasteiger partial charge is 0.168 e. The predicted molar refractivity (Wildman–Crippen MR) is 118 cm³/mol. The van der Waals surface area contributed by atoms with Gasteiger partial charge in [0.1, 0.15) is 0 Å². The lowest BCUT2D eigenvalue weighted by molar-refractivity contribution is 0.594. The maximum Gasteiger partial charge on any atom is 0.168 e. The number of nitrogens with one attached hydrogen (secondary N) is 1. The third kappa shape index (κ3) is 3.34. The number of nitrogens with zero attached hydrogens (tertiary/aromatic N) is 2. The minimum Gasteiger partial charge on any atom is -0.318 e. The average Bonchev–Trinajstić information content (AvgIpc) is 3.08. The van der Waals surface area contributed by atoms with Crippen molar-refractivity contribution in [3.8, 4) is 0 Å². The lowest BCUT2D eigenvalue weighted by Crippen LogP contribution is -2.21. The zero-order valence-corrected chi connectivity index (χ0v) is 17.2. The number of anilines is 2. The van der Waals surface area contributed by atoms with Gasteiger partial charge in [-0.15, -0.1) is 0 Å². The van der Waals surface area contributed by atoms with Gasteiger partial charge in [0.05, 0.1) is 0 Å². The van der Waals surface area contributed by atoms with Crippen molar-refractivity contribution in [3.05, 3.63) is 71.6 Å². The molecular weight excluding hydrogens is 349 g/mol. The molecule has 4 heteroatoms. The zero-order chi connectivity index (χ0) is 18.7. The molecular formula is C23H30N3P. The van der Waals surface area contributed by atoms with E-state index in [1.807, 2.05) is 0 Å². The minimum atomic E-state index is -2.37. The molecule has 1 aliphatic carbocycles. The van der Waals surface area contributed by atoms with E-state index in [0.717, 1.165) is 19.5 Å². The number of benzene rings is 2. The highest BCUT2D eigenvalue weighted by Crippen LogP contribution is 2.68. The molecule has 1 heterocycles. The second-order valence-corrected chi connectivity index (χ2v) is 10.2. The molecule has 1 saturated heterocycles. The third-order valence-corrected chi connectivity index (χ3v) is 9.55. The summed E-state index contributed by atoms with van der Waals surface area (Å²) in [5.41, 5.74) is 3.97. The predicted octanol–water partition coefficient (Wildman–Crippen LogP) is 7.25. The van der Waals surface area contributed by atoms with Gasteiger partial charge in [0, 0.05) is 29.8 Å². The van der Waals surface area contributed by atoms with Crippen molar-refractivity contribution in [2.45, 2.75) is 45.4 Å². The monoisotopic (exact) mass is 379 g/mol. The molecule has 0 unspecified atom stereocenters. The molecule has 0 aromatic heterocycles. The zero-order valence-electron chi connectivity index (χ0n) is 16.3. The Morgan fingerprint density at radius 3 is 1.74 bits per heavy atom. The highest BCUT2D eigenvalue weighted by atomic mass is 31.2. The molecule has 0 bridgehead atoms. The molecule has 2 aromatic rings. The summed E-state index contributed by atoms with van der Waals surface area (Å²) in [7, 11) is -2.37. The van der Waals surface area contributed by atoms with Gasteiger partial charge in [-0.1, -0.05) is 55.3 Å². The van der Waals surface area contributed by atoms with Gasteiger partial charge in [0.25, 0.3) is 0 Å². The Bertz CT molecular complexity index is 785. The summed E-state index contributed by atoms with van der Waals surface area (Å²) >= 11 is 0. The van der Waals surface area contributed by atoms with Crippen LogP contribution in [0.4, 0.5) is 11.4 Å². The van der Waals surface area contributed by atoms with E-state index in [1.54, 1.807) is 5.57 Å². The number of rotatable bonds is 4. The standard InChI is InChI=1S/C23H30N3P/c1-2-23(20-12-6-3-7-13-20)27(24)25(21-14-8-4-9-15-21)18-19-26(27)22-16-10-5-11-17-22/h4-5,8-11,14-17,24H,2-3,6-7,12-13,18-19H2,1H3. The summed E-state index contributed by atoms with van der Waals surface area (Å²) in [5.74, 6) is 0. The van der Waals surface area contributed by atoms with E-state index < -0.39 is 7.36 Å². The summed E-state index contributed by atoms with van der Waals surface area (Å²) in [6.45, 7) is 4.11. The van der Waals surface area contributed by atoms with Crippen molar-refractivity contribution in [2.24, 2.45) is 0 Å². The van der Waals surface area contributed by atoms with Crippen LogP contribution in [-0.4, -0.2) is 13.1 Å². The fourth-order valence-corrected chi connectivity index (χ4v) is 8.29. The van der Waals surface area contributed by atoms with Crippen molar-refractivity contribution in [1.82, 2.24) is 0 Å². The van der Waals surface area contributed by atoms with Crippen molar-refractivity contribution in [1.29, 1.82) is 5.16 Å². The summed E-state index contributed by atoms with van der Waals surface area (Å²) in [6.07, 6.45) is 7.28. The number of hydrogen-bond acceptors (Lipinski definition) is 1. The first-order valence-electron chi connectivity index (χ1n) is 10.3. The molecule has 3 nitrogen and oxygen atoms in total. The molecule has 142 valence electrons. The van der Waals surface area contributed by atoms with Crippen molar-refractivity contribution in [3.63, 3.8) is 0 Å². The Labute approximate surface area is 163 Å². The van der Waals surface area contributed by atoms with Crippen molar-refractivity contribution >= 4 is 18.7 Å². The van der Waals surface area contributed by atoms with Crippen LogP contribution < -0.4 is 9.34 Å². The van der Waals surface area contributed by atoms with E-state index >= 15 is 0 Å². The molecule has 0 spiro atoms. The van der Waals surface area contributed by atoms with Crippen LogP contribution in [0.15, 0.2) is 71.6 Å².